The van der Waals surface area contributed by atoms with Gasteiger partial charge in [0.1, 0.15) is 17.3 Å². The third-order valence-electron chi connectivity index (χ3n) is 5.30. The molecule has 6 nitrogen and oxygen atoms in total. The molecule has 1 aliphatic rings. The number of Topliss-reactive ketones (excluding diaryl/α,β-unsaturated/α-hetero) is 1. The molecule has 1 unspecified atom stereocenters. The number of hydrogen-bond donors (Lipinski definition) is 2. The lowest BCUT2D eigenvalue weighted by Crippen LogP contribution is -2.29. The summed E-state index contributed by atoms with van der Waals surface area (Å²) in [5.41, 5.74) is 0.517. The van der Waals surface area contributed by atoms with Gasteiger partial charge in [0.15, 0.2) is 0 Å². The van der Waals surface area contributed by atoms with E-state index in [0.717, 1.165) is 0 Å². The predicted octanol–water partition coefficient (Wildman–Crippen LogP) is 6.64. The molecule has 2 N–H and O–H groups in total. The van der Waals surface area contributed by atoms with Crippen molar-refractivity contribution >= 4 is 69.5 Å². The van der Waals surface area contributed by atoms with E-state index >= 15 is 0 Å². The van der Waals surface area contributed by atoms with E-state index in [1.165, 1.54) is 42.3 Å². The molecule has 1 atom stereocenters. The highest BCUT2D eigenvalue weighted by Gasteiger charge is 2.47. The van der Waals surface area contributed by atoms with E-state index < -0.39 is 23.5 Å². The number of aliphatic hydroxyl groups excluding tert-OH is 1. The van der Waals surface area contributed by atoms with E-state index in [1.54, 1.807) is 24.3 Å². The van der Waals surface area contributed by atoms with Crippen molar-refractivity contribution in [2.24, 2.45) is 0 Å². The average molecular weight is 539 g/mol. The summed E-state index contributed by atoms with van der Waals surface area (Å²) in [6.07, 6.45) is 0. The number of aromatic hydroxyl groups is 1. The molecule has 1 saturated heterocycles. The van der Waals surface area contributed by atoms with Crippen LogP contribution in [0.15, 0.2) is 60.2 Å². The highest BCUT2D eigenvalue weighted by atomic mass is 35.5. The Kier molecular flexibility index (Phi) is 6.69. The lowest BCUT2D eigenvalue weighted by molar-refractivity contribution is -0.132. The molecule has 3 aromatic rings. The highest BCUT2D eigenvalue weighted by molar-refractivity contribution is 6.52. The van der Waals surface area contributed by atoms with E-state index in [1.807, 2.05) is 0 Å². The highest BCUT2D eigenvalue weighted by Crippen LogP contribution is 2.45. The molecule has 1 aliphatic heterocycles. The quantitative estimate of drug-likeness (QED) is 0.221. The number of anilines is 1. The fraction of sp³-hybridized carbons (Fsp3) is 0.0833. The van der Waals surface area contributed by atoms with Crippen LogP contribution in [0.2, 0.25) is 20.1 Å². The third-order valence-corrected chi connectivity index (χ3v) is 6.36. The fourth-order valence-corrected chi connectivity index (χ4v) is 4.68. The molecular formula is C24H15Cl4NO5. The first kappa shape index (κ1) is 24.2. The summed E-state index contributed by atoms with van der Waals surface area (Å²) in [6.45, 7) is 0. The lowest BCUT2D eigenvalue weighted by atomic mass is 9.94. The van der Waals surface area contributed by atoms with Crippen molar-refractivity contribution in [1.29, 1.82) is 0 Å². The molecule has 0 spiro atoms. The minimum absolute atomic E-state index is 0.00238. The lowest BCUT2D eigenvalue weighted by Gasteiger charge is -2.26. The Hall–Kier alpha value is -2.90. The topological polar surface area (TPSA) is 87.1 Å². The summed E-state index contributed by atoms with van der Waals surface area (Å²) < 4.78 is 5.31. The smallest absolute Gasteiger partial charge is 0.300 e. The van der Waals surface area contributed by atoms with Gasteiger partial charge in [-0.15, -0.1) is 0 Å². The van der Waals surface area contributed by atoms with E-state index in [2.05, 4.69) is 0 Å². The summed E-state index contributed by atoms with van der Waals surface area (Å²) in [4.78, 5) is 27.7. The minimum atomic E-state index is -1.10. The van der Waals surface area contributed by atoms with Crippen LogP contribution < -0.4 is 9.64 Å². The van der Waals surface area contributed by atoms with Gasteiger partial charge in [-0.1, -0.05) is 52.5 Å². The second kappa shape index (κ2) is 9.39. The Morgan fingerprint density at radius 3 is 2.21 bits per heavy atom. The molecule has 1 heterocycles. The first-order chi connectivity index (χ1) is 16.1. The van der Waals surface area contributed by atoms with Gasteiger partial charge < -0.3 is 14.9 Å². The molecule has 4 rings (SSSR count). The number of carbonyl (C=O) groups is 2. The summed E-state index contributed by atoms with van der Waals surface area (Å²) >= 11 is 24.5. The van der Waals surface area contributed by atoms with Crippen LogP contribution >= 0.6 is 46.4 Å². The average Bonchev–Trinajstić information content (AvgIpc) is 3.06. The zero-order chi connectivity index (χ0) is 24.7. The van der Waals surface area contributed by atoms with Crippen molar-refractivity contribution in [3.8, 4) is 11.5 Å². The number of rotatable bonds is 4. The molecule has 10 heteroatoms. The molecule has 0 bridgehead atoms. The number of nitrogens with zero attached hydrogens (tertiary/aromatic N) is 1. The maximum Gasteiger partial charge on any atom is 0.300 e. The van der Waals surface area contributed by atoms with Crippen molar-refractivity contribution in [1.82, 2.24) is 0 Å². The molecule has 0 aromatic heterocycles. The minimum Gasteiger partial charge on any atom is -0.507 e. The van der Waals surface area contributed by atoms with Gasteiger partial charge in [-0.25, -0.2) is 0 Å². The second-order valence-electron chi connectivity index (χ2n) is 7.32. The Labute approximate surface area is 214 Å². The van der Waals surface area contributed by atoms with E-state index in [-0.39, 0.29) is 37.7 Å². The summed E-state index contributed by atoms with van der Waals surface area (Å²) in [6, 6.07) is 12.2. The summed E-state index contributed by atoms with van der Waals surface area (Å²) in [7, 11) is 1.34. The first-order valence-electron chi connectivity index (χ1n) is 9.72. The van der Waals surface area contributed by atoms with Crippen molar-refractivity contribution < 1.29 is 24.5 Å². The number of ether oxygens (including phenoxy) is 1. The largest absolute Gasteiger partial charge is 0.507 e. The number of ketones is 1. The monoisotopic (exact) mass is 537 g/mol. The van der Waals surface area contributed by atoms with Crippen LogP contribution in [0.5, 0.6) is 11.5 Å². The molecule has 0 aliphatic carbocycles. The van der Waals surface area contributed by atoms with Crippen molar-refractivity contribution in [2.75, 3.05) is 12.0 Å². The number of benzene rings is 3. The van der Waals surface area contributed by atoms with Gasteiger partial charge >= 0.3 is 0 Å². The van der Waals surface area contributed by atoms with Gasteiger partial charge in [0.2, 0.25) is 0 Å². The number of carbonyl (C=O) groups excluding carboxylic acids is 2. The molecule has 0 saturated carbocycles. The Morgan fingerprint density at radius 1 is 0.912 bits per heavy atom. The third kappa shape index (κ3) is 4.18. The van der Waals surface area contributed by atoms with Crippen LogP contribution in [0, 0.1) is 0 Å². The number of phenols is 1. The Balaban J connectivity index is 2.02. The van der Waals surface area contributed by atoms with Crippen LogP contribution in [0.3, 0.4) is 0 Å². The van der Waals surface area contributed by atoms with Crippen LogP contribution in [-0.2, 0) is 9.59 Å². The number of aliphatic hydroxyl groups is 1. The molecule has 174 valence electrons. The van der Waals surface area contributed by atoms with Gasteiger partial charge in [-0.3, -0.25) is 14.5 Å². The van der Waals surface area contributed by atoms with Gasteiger partial charge in [0.05, 0.1) is 34.3 Å². The van der Waals surface area contributed by atoms with Crippen LogP contribution in [0.1, 0.15) is 17.2 Å². The Bertz CT molecular complexity index is 1350. The Morgan fingerprint density at radius 2 is 1.59 bits per heavy atom. The van der Waals surface area contributed by atoms with Gasteiger partial charge in [-0.2, -0.15) is 0 Å². The number of phenolic OH excluding ortho intramolecular Hbond substituents is 1. The number of amides is 1. The maximum absolute atomic E-state index is 13.3. The zero-order valence-corrected chi connectivity index (χ0v) is 20.4. The van der Waals surface area contributed by atoms with Crippen molar-refractivity contribution in [3.63, 3.8) is 0 Å². The molecule has 1 fully saturated rings. The molecule has 0 radical (unpaired) electrons. The van der Waals surface area contributed by atoms with Crippen LogP contribution in [0.25, 0.3) is 5.76 Å². The normalized spacial score (nSPS) is 17.3. The second-order valence-corrected chi connectivity index (χ2v) is 9.01. The zero-order valence-electron chi connectivity index (χ0n) is 17.4. The molecule has 34 heavy (non-hydrogen) atoms. The number of halogens is 4. The summed E-state index contributed by atoms with van der Waals surface area (Å²) in [5.74, 6) is -2.48. The number of methoxy groups -OCH3 is 1. The van der Waals surface area contributed by atoms with Gasteiger partial charge in [0, 0.05) is 15.7 Å². The van der Waals surface area contributed by atoms with E-state index in [0.29, 0.717) is 16.3 Å². The van der Waals surface area contributed by atoms with E-state index in [9.17, 15) is 19.8 Å². The predicted molar refractivity (Wildman–Crippen MR) is 132 cm³/mol. The maximum atomic E-state index is 13.3. The molecule has 3 aromatic carbocycles. The first-order valence-corrected chi connectivity index (χ1v) is 11.2. The van der Waals surface area contributed by atoms with Crippen molar-refractivity contribution in [3.05, 3.63) is 91.4 Å². The van der Waals surface area contributed by atoms with Gasteiger partial charge in [0.25, 0.3) is 11.7 Å². The van der Waals surface area contributed by atoms with Crippen LogP contribution in [-0.4, -0.2) is 29.0 Å². The van der Waals surface area contributed by atoms with Gasteiger partial charge in [-0.05, 0) is 54.1 Å². The SMILES string of the molecule is COc1c(Cl)cc(Cl)cc1/C(O)=C1\C(=O)C(=O)N(c2ccc(Cl)cc2)C1c1ccc(O)c(Cl)c1. The van der Waals surface area contributed by atoms with Crippen molar-refractivity contribution in [2.45, 2.75) is 6.04 Å². The van der Waals surface area contributed by atoms with E-state index in [4.69, 9.17) is 51.1 Å². The molecule has 1 amide bonds. The number of hydrogen-bond acceptors (Lipinski definition) is 5. The standard InChI is InChI=1S/C24H15Cl4NO5/c1-34-23-15(9-13(26)10-17(23)28)21(31)19-20(11-2-7-18(30)16(27)8-11)29(24(33)22(19)32)14-5-3-12(25)4-6-14/h2-10,20,30-31H,1H3/b21-19+. The molecular weight excluding hydrogens is 524 g/mol. The van der Waals surface area contributed by atoms with Crippen LogP contribution in [0.4, 0.5) is 5.69 Å². The summed E-state index contributed by atoms with van der Waals surface area (Å²) in [5, 5.41) is 21.9. The fourth-order valence-electron chi connectivity index (χ4n) is 3.80.